The van der Waals surface area contributed by atoms with Crippen LogP contribution in [-0.2, 0) is 4.74 Å². The highest BCUT2D eigenvalue weighted by Gasteiger charge is 2.07. The van der Waals surface area contributed by atoms with Gasteiger partial charge in [0.15, 0.2) is 0 Å². The van der Waals surface area contributed by atoms with Crippen molar-refractivity contribution in [3.05, 3.63) is 21.9 Å². The summed E-state index contributed by atoms with van der Waals surface area (Å²) in [7, 11) is 3.67. The van der Waals surface area contributed by atoms with E-state index in [1.165, 1.54) is 11.3 Å². The third-order valence-electron chi connectivity index (χ3n) is 2.63. The number of methoxy groups -OCH3 is 1. The van der Waals surface area contributed by atoms with E-state index in [1.807, 2.05) is 12.4 Å². The van der Waals surface area contributed by atoms with Gasteiger partial charge in [-0.2, -0.15) is 0 Å². The molecule has 0 saturated carbocycles. The Morgan fingerprint density at radius 1 is 1.55 bits per heavy atom. The summed E-state index contributed by atoms with van der Waals surface area (Å²) in [5.41, 5.74) is 5.96. The van der Waals surface area contributed by atoms with Crippen LogP contribution in [0, 0.1) is 11.8 Å². The van der Waals surface area contributed by atoms with Gasteiger partial charge in [-0.3, -0.25) is 4.79 Å². The number of nitrogens with two attached hydrogens (primary N) is 1. The molecule has 110 valence electrons. The molecule has 1 heterocycles. The third kappa shape index (κ3) is 6.17. The van der Waals surface area contributed by atoms with Crippen molar-refractivity contribution in [2.45, 2.75) is 0 Å². The maximum atomic E-state index is 11.9. The Morgan fingerprint density at radius 2 is 2.35 bits per heavy atom. The number of hydrogen-bond donors (Lipinski definition) is 2. The zero-order chi connectivity index (χ0) is 14.8. The number of amides is 1. The van der Waals surface area contributed by atoms with Gasteiger partial charge in [-0.05, 0) is 13.1 Å². The van der Waals surface area contributed by atoms with Crippen LogP contribution in [0.15, 0.2) is 11.4 Å². The molecule has 0 atom stereocenters. The van der Waals surface area contributed by atoms with E-state index in [-0.39, 0.29) is 5.91 Å². The van der Waals surface area contributed by atoms with Gasteiger partial charge in [-0.1, -0.05) is 11.8 Å². The smallest absolute Gasteiger partial charge is 0.252 e. The highest BCUT2D eigenvalue weighted by Crippen LogP contribution is 2.13. The Kier molecular flexibility index (Phi) is 7.92. The number of thiophene rings is 1. The molecule has 5 nitrogen and oxygen atoms in total. The predicted molar refractivity (Wildman–Crippen MR) is 82.0 cm³/mol. The molecular formula is C14H21N3O2S. The van der Waals surface area contributed by atoms with E-state index in [2.05, 4.69) is 22.1 Å². The molecule has 0 spiro atoms. The van der Waals surface area contributed by atoms with Crippen LogP contribution in [0.3, 0.4) is 0 Å². The van der Waals surface area contributed by atoms with E-state index in [0.717, 1.165) is 18.0 Å². The molecule has 0 aliphatic carbocycles. The summed E-state index contributed by atoms with van der Waals surface area (Å²) in [5, 5.41) is 4.70. The average Bonchev–Trinajstić information content (AvgIpc) is 2.91. The van der Waals surface area contributed by atoms with Gasteiger partial charge in [0.05, 0.1) is 23.6 Å². The zero-order valence-electron chi connectivity index (χ0n) is 11.9. The summed E-state index contributed by atoms with van der Waals surface area (Å²) in [5.74, 6) is 5.62. The van der Waals surface area contributed by atoms with E-state index < -0.39 is 0 Å². The first-order valence-corrected chi connectivity index (χ1v) is 7.28. The Balaban J connectivity index is 2.34. The molecule has 1 aromatic heterocycles. The Bertz CT molecular complexity index is 476. The molecule has 0 fully saturated rings. The SMILES string of the molecule is COCCN(C)CCNC(=O)c1csc(C#CCN)c1. The number of nitrogens with one attached hydrogen (secondary N) is 1. The summed E-state index contributed by atoms with van der Waals surface area (Å²) in [6.45, 7) is 3.27. The first-order valence-electron chi connectivity index (χ1n) is 6.40. The minimum Gasteiger partial charge on any atom is -0.383 e. The number of carbonyl (C=O) groups is 1. The minimum absolute atomic E-state index is 0.0674. The van der Waals surface area contributed by atoms with Crippen LogP contribution in [0.1, 0.15) is 15.2 Å². The highest BCUT2D eigenvalue weighted by molar-refractivity contribution is 7.10. The van der Waals surface area contributed by atoms with Gasteiger partial charge < -0.3 is 20.7 Å². The third-order valence-corrected chi connectivity index (χ3v) is 3.48. The highest BCUT2D eigenvalue weighted by atomic mass is 32.1. The number of likely N-dealkylation sites (N-methyl/N-ethyl adjacent to an activating group) is 1. The van der Waals surface area contributed by atoms with E-state index >= 15 is 0 Å². The van der Waals surface area contributed by atoms with Crippen molar-refractivity contribution in [2.75, 3.05) is 46.9 Å². The van der Waals surface area contributed by atoms with Gasteiger partial charge in [-0.15, -0.1) is 11.3 Å². The first-order chi connectivity index (χ1) is 9.67. The van der Waals surface area contributed by atoms with Gasteiger partial charge in [-0.25, -0.2) is 0 Å². The molecule has 0 unspecified atom stereocenters. The lowest BCUT2D eigenvalue weighted by Gasteiger charge is -2.15. The fraction of sp³-hybridized carbons (Fsp3) is 0.500. The predicted octanol–water partition coefficient (Wildman–Crippen LogP) is 0.366. The molecule has 20 heavy (non-hydrogen) atoms. The number of hydrogen-bond acceptors (Lipinski definition) is 5. The lowest BCUT2D eigenvalue weighted by Crippen LogP contribution is -2.34. The molecule has 3 N–H and O–H groups in total. The molecule has 6 heteroatoms. The van der Waals surface area contributed by atoms with Crippen LogP contribution in [0.5, 0.6) is 0 Å². The molecule has 1 aromatic rings. The van der Waals surface area contributed by atoms with Crippen LogP contribution in [0.2, 0.25) is 0 Å². The Labute approximate surface area is 124 Å². The maximum absolute atomic E-state index is 11.9. The number of rotatable bonds is 7. The van der Waals surface area contributed by atoms with Crippen molar-refractivity contribution >= 4 is 17.2 Å². The second-order valence-electron chi connectivity index (χ2n) is 4.26. The monoisotopic (exact) mass is 295 g/mol. The van der Waals surface area contributed by atoms with Gasteiger partial charge in [0, 0.05) is 32.1 Å². The Morgan fingerprint density at radius 3 is 3.05 bits per heavy atom. The van der Waals surface area contributed by atoms with E-state index in [4.69, 9.17) is 10.5 Å². The summed E-state index contributed by atoms with van der Waals surface area (Å²) in [6.07, 6.45) is 0. The molecule has 0 aliphatic heterocycles. The van der Waals surface area contributed by atoms with Crippen molar-refractivity contribution in [1.29, 1.82) is 0 Å². The zero-order valence-corrected chi connectivity index (χ0v) is 12.8. The van der Waals surface area contributed by atoms with Crippen LogP contribution in [0.25, 0.3) is 0 Å². The topological polar surface area (TPSA) is 67.6 Å². The molecule has 0 bridgehead atoms. The lowest BCUT2D eigenvalue weighted by atomic mass is 10.3. The maximum Gasteiger partial charge on any atom is 0.252 e. The molecular weight excluding hydrogens is 274 g/mol. The number of carbonyl (C=O) groups excluding carboxylic acids is 1. The van der Waals surface area contributed by atoms with Gasteiger partial charge in [0.2, 0.25) is 0 Å². The van der Waals surface area contributed by atoms with E-state index in [1.54, 1.807) is 13.2 Å². The summed E-state index contributed by atoms with van der Waals surface area (Å²) in [6, 6.07) is 1.79. The number of ether oxygens (including phenoxy) is 1. The summed E-state index contributed by atoms with van der Waals surface area (Å²) in [4.78, 5) is 14.9. The molecule has 0 aliphatic rings. The van der Waals surface area contributed by atoms with Crippen LogP contribution < -0.4 is 11.1 Å². The second-order valence-corrected chi connectivity index (χ2v) is 5.17. The van der Waals surface area contributed by atoms with Gasteiger partial charge in [0.1, 0.15) is 0 Å². The molecule has 0 aromatic carbocycles. The molecule has 1 amide bonds. The average molecular weight is 295 g/mol. The fourth-order valence-corrected chi connectivity index (χ4v) is 2.24. The van der Waals surface area contributed by atoms with Crippen LogP contribution >= 0.6 is 11.3 Å². The Hall–Kier alpha value is -1.39. The van der Waals surface area contributed by atoms with Crippen molar-refractivity contribution in [3.8, 4) is 11.8 Å². The largest absolute Gasteiger partial charge is 0.383 e. The minimum atomic E-state index is -0.0674. The van der Waals surface area contributed by atoms with Crippen LogP contribution in [-0.4, -0.2) is 57.8 Å². The molecule has 0 radical (unpaired) electrons. The summed E-state index contributed by atoms with van der Waals surface area (Å²) < 4.78 is 4.99. The van der Waals surface area contributed by atoms with Crippen molar-refractivity contribution < 1.29 is 9.53 Å². The lowest BCUT2D eigenvalue weighted by molar-refractivity contribution is 0.0948. The molecule has 1 rings (SSSR count). The van der Waals surface area contributed by atoms with Gasteiger partial charge >= 0.3 is 0 Å². The van der Waals surface area contributed by atoms with Gasteiger partial charge in [0.25, 0.3) is 5.91 Å². The van der Waals surface area contributed by atoms with Crippen LogP contribution in [0.4, 0.5) is 0 Å². The van der Waals surface area contributed by atoms with E-state index in [0.29, 0.717) is 25.3 Å². The normalized spacial score (nSPS) is 10.2. The van der Waals surface area contributed by atoms with Crippen molar-refractivity contribution in [1.82, 2.24) is 10.2 Å². The fourth-order valence-electron chi connectivity index (χ4n) is 1.48. The van der Waals surface area contributed by atoms with Crippen molar-refractivity contribution in [2.24, 2.45) is 5.73 Å². The van der Waals surface area contributed by atoms with Crippen molar-refractivity contribution in [3.63, 3.8) is 0 Å². The second kappa shape index (κ2) is 9.50. The standard InChI is InChI=1S/C14H21N3O2S/c1-17(8-9-19-2)7-6-16-14(18)12-10-13(20-11-12)4-3-5-15/h10-11H,5-9,15H2,1-2H3,(H,16,18). The first kappa shape index (κ1) is 16.7. The van der Waals surface area contributed by atoms with E-state index in [9.17, 15) is 4.79 Å². The number of nitrogens with zero attached hydrogens (tertiary/aromatic N) is 1. The molecule has 0 saturated heterocycles. The summed E-state index contributed by atoms with van der Waals surface area (Å²) >= 11 is 1.45. The quantitative estimate of drug-likeness (QED) is 0.713.